The molecular formula is C5F8N2S. The Morgan fingerprint density at radius 2 is 1.44 bits per heavy atom. The van der Waals surface area contributed by atoms with Gasteiger partial charge >= 0.3 is 18.0 Å². The summed E-state index contributed by atoms with van der Waals surface area (Å²) in [5, 5.41) is -1.63. The Morgan fingerprint density at radius 1 is 0.938 bits per heavy atom. The molecule has 0 radical (unpaired) electrons. The fraction of sp³-hybridized carbons (Fsp3) is 0.600. The van der Waals surface area contributed by atoms with Crippen LogP contribution in [0.3, 0.4) is 0 Å². The predicted molar refractivity (Wildman–Crippen MR) is 34.8 cm³/mol. The first-order valence-corrected chi connectivity index (χ1v) is 4.09. The fourth-order valence-electron chi connectivity index (χ4n) is 0.651. The second-order valence-corrected chi connectivity index (χ2v) is 3.22. The molecule has 0 aliphatic carbocycles. The first-order chi connectivity index (χ1) is 7.00. The number of hydrogen-bond acceptors (Lipinski definition) is 3. The van der Waals surface area contributed by atoms with Gasteiger partial charge in [-0.1, -0.05) is 0 Å². The van der Waals surface area contributed by atoms with E-state index in [9.17, 15) is 35.1 Å². The highest BCUT2D eigenvalue weighted by Crippen LogP contribution is 2.50. The van der Waals surface area contributed by atoms with E-state index >= 15 is 0 Å². The number of alkyl halides is 7. The molecule has 0 saturated carbocycles. The third-order valence-corrected chi connectivity index (χ3v) is 1.94. The van der Waals surface area contributed by atoms with Crippen molar-refractivity contribution in [2.75, 3.05) is 0 Å². The molecule has 0 atom stereocenters. The van der Waals surface area contributed by atoms with Gasteiger partial charge in [-0.2, -0.15) is 44.5 Å². The molecule has 1 aromatic heterocycles. The zero-order chi connectivity index (χ0) is 12.8. The Balaban J connectivity index is 3.21. The Morgan fingerprint density at radius 3 is 1.75 bits per heavy atom. The van der Waals surface area contributed by atoms with Gasteiger partial charge in [0.1, 0.15) is 0 Å². The fourth-order valence-corrected chi connectivity index (χ4v) is 1.10. The Labute approximate surface area is 86.1 Å². The summed E-state index contributed by atoms with van der Waals surface area (Å²) in [5.74, 6) is -14.3. The molecule has 0 N–H and O–H groups in total. The van der Waals surface area contributed by atoms with Crippen molar-refractivity contribution in [2.45, 2.75) is 18.0 Å². The minimum Gasteiger partial charge on any atom is -0.190 e. The number of aromatic nitrogens is 2. The molecule has 0 amide bonds. The van der Waals surface area contributed by atoms with Crippen LogP contribution in [0.2, 0.25) is 0 Å². The maximum absolute atomic E-state index is 12.7. The van der Waals surface area contributed by atoms with Crippen molar-refractivity contribution in [3.63, 3.8) is 0 Å². The van der Waals surface area contributed by atoms with Crippen LogP contribution in [0.1, 0.15) is 5.82 Å². The van der Waals surface area contributed by atoms with Crippen molar-refractivity contribution in [1.82, 2.24) is 9.36 Å². The maximum Gasteiger partial charge on any atom is 0.460 e. The highest BCUT2D eigenvalue weighted by Gasteiger charge is 2.75. The van der Waals surface area contributed by atoms with Gasteiger partial charge in [-0.05, 0) is 0 Å². The van der Waals surface area contributed by atoms with Crippen molar-refractivity contribution in [2.24, 2.45) is 0 Å². The number of rotatable bonds is 2. The van der Waals surface area contributed by atoms with Gasteiger partial charge in [0, 0.05) is 11.5 Å². The Bertz CT molecular complexity index is 382. The van der Waals surface area contributed by atoms with Gasteiger partial charge in [0.25, 0.3) is 5.26 Å². The lowest BCUT2D eigenvalue weighted by Gasteiger charge is -2.25. The molecule has 0 aliphatic rings. The number of halogens is 8. The molecule has 0 unspecified atom stereocenters. The molecule has 0 fully saturated rings. The smallest absolute Gasteiger partial charge is 0.190 e. The van der Waals surface area contributed by atoms with Gasteiger partial charge < -0.3 is 0 Å². The molecule has 0 saturated heterocycles. The van der Waals surface area contributed by atoms with Gasteiger partial charge in [0.2, 0.25) is 5.82 Å². The van der Waals surface area contributed by atoms with Gasteiger partial charge in [-0.15, -0.1) is 0 Å². The summed E-state index contributed by atoms with van der Waals surface area (Å²) in [5.41, 5.74) is 0. The Hall–Kier alpha value is -1.00. The molecule has 2 nitrogen and oxygen atoms in total. The summed E-state index contributed by atoms with van der Waals surface area (Å²) in [7, 11) is 0. The van der Waals surface area contributed by atoms with E-state index in [1.807, 2.05) is 0 Å². The van der Waals surface area contributed by atoms with E-state index in [1.54, 1.807) is 0 Å². The SMILES string of the molecule is Fc1nc(C(F)(F)C(F)(F)C(F)(F)F)ns1. The normalized spacial score (nSPS) is 14.2. The third-order valence-electron chi connectivity index (χ3n) is 1.43. The molecule has 0 aromatic carbocycles. The zero-order valence-corrected chi connectivity index (χ0v) is 7.64. The summed E-state index contributed by atoms with van der Waals surface area (Å²) < 4.78 is 99.5. The van der Waals surface area contributed by atoms with Gasteiger partial charge in [-0.25, -0.2) is 0 Å². The lowest BCUT2D eigenvalue weighted by atomic mass is 10.1. The van der Waals surface area contributed by atoms with Crippen molar-refractivity contribution < 1.29 is 35.1 Å². The minimum absolute atomic E-state index is 0.350. The van der Waals surface area contributed by atoms with Crippen LogP contribution in [0.5, 0.6) is 0 Å². The predicted octanol–water partition coefficient (Wildman–Crippen LogP) is 2.97. The average molecular weight is 272 g/mol. The minimum atomic E-state index is -6.49. The van der Waals surface area contributed by atoms with Gasteiger partial charge in [-0.3, -0.25) is 0 Å². The van der Waals surface area contributed by atoms with Crippen LogP contribution in [0.15, 0.2) is 0 Å². The molecule has 0 aliphatic heterocycles. The Kier molecular flexibility index (Phi) is 2.86. The monoisotopic (exact) mass is 272 g/mol. The van der Waals surface area contributed by atoms with Crippen molar-refractivity contribution in [3.05, 3.63) is 11.1 Å². The van der Waals surface area contributed by atoms with Crippen molar-refractivity contribution >= 4 is 11.5 Å². The quantitative estimate of drug-likeness (QED) is 0.773. The summed E-state index contributed by atoms with van der Waals surface area (Å²) in [4.78, 5) is 2.17. The molecule has 1 rings (SSSR count). The van der Waals surface area contributed by atoms with E-state index in [2.05, 4.69) is 9.36 Å². The van der Waals surface area contributed by atoms with Crippen LogP contribution >= 0.6 is 11.5 Å². The summed E-state index contributed by atoms with van der Waals surface area (Å²) in [6.07, 6.45) is -6.49. The van der Waals surface area contributed by atoms with E-state index in [4.69, 9.17) is 0 Å². The molecular weight excluding hydrogens is 272 g/mol. The standard InChI is InChI=1S/C5F8N2S/c6-2-14-1(15-16-2)3(7,8)4(9,10)5(11,12)13. The topological polar surface area (TPSA) is 25.8 Å². The molecule has 0 spiro atoms. The van der Waals surface area contributed by atoms with Crippen LogP contribution in [0.4, 0.5) is 35.1 Å². The van der Waals surface area contributed by atoms with Gasteiger partial charge in [0.05, 0.1) is 0 Å². The molecule has 11 heteroatoms. The van der Waals surface area contributed by atoms with E-state index < -0.39 is 29.1 Å². The first-order valence-electron chi connectivity index (χ1n) is 3.32. The van der Waals surface area contributed by atoms with Crippen LogP contribution in [-0.4, -0.2) is 21.5 Å². The summed E-state index contributed by atoms with van der Waals surface area (Å²) in [6.45, 7) is 0. The van der Waals surface area contributed by atoms with E-state index in [-0.39, 0.29) is 11.5 Å². The third kappa shape index (κ3) is 1.83. The van der Waals surface area contributed by atoms with Crippen molar-refractivity contribution in [1.29, 1.82) is 0 Å². The van der Waals surface area contributed by atoms with Crippen LogP contribution in [-0.2, 0) is 5.92 Å². The average Bonchev–Trinajstić information content (AvgIpc) is 2.49. The van der Waals surface area contributed by atoms with Crippen LogP contribution in [0, 0.1) is 5.26 Å². The highest BCUT2D eigenvalue weighted by molar-refractivity contribution is 7.03. The second kappa shape index (κ2) is 3.50. The van der Waals surface area contributed by atoms with Gasteiger partial charge in [0.15, 0.2) is 0 Å². The molecule has 92 valence electrons. The van der Waals surface area contributed by atoms with Crippen LogP contribution in [0.25, 0.3) is 0 Å². The maximum atomic E-state index is 12.7. The molecule has 1 aromatic rings. The molecule has 1 heterocycles. The lowest BCUT2D eigenvalue weighted by Crippen LogP contribution is -2.50. The highest BCUT2D eigenvalue weighted by atomic mass is 32.1. The van der Waals surface area contributed by atoms with E-state index in [1.165, 1.54) is 0 Å². The van der Waals surface area contributed by atoms with Crippen LogP contribution < -0.4 is 0 Å². The largest absolute Gasteiger partial charge is 0.460 e. The summed E-state index contributed by atoms with van der Waals surface area (Å²) in [6, 6.07) is 0. The number of nitrogens with zero attached hydrogens (tertiary/aromatic N) is 2. The van der Waals surface area contributed by atoms with Crippen molar-refractivity contribution in [3.8, 4) is 0 Å². The molecule has 16 heavy (non-hydrogen) atoms. The molecule has 0 bridgehead atoms. The first kappa shape index (κ1) is 13.1. The number of hydrogen-bond donors (Lipinski definition) is 0. The van der Waals surface area contributed by atoms with E-state index in [0.717, 1.165) is 0 Å². The summed E-state index contributed by atoms with van der Waals surface area (Å²) >= 11 is -0.350. The second-order valence-electron chi connectivity index (χ2n) is 2.52. The lowest BCUT2D eigenvalue weighted by molar-refractivity contribution is -0.361. The zero-order valence-electron chi connectivity index (χ0n) is 6.83. The van der Waals surface area contributed by atoms with E-state index in [0.29, 0.717) is 0 Å².